The van der Waals surface area contributed by atoms with E-state index in [0.29, 0.717) is 19.6 Å². The number of hydrogen-bond donors (Lipinski definition) is 1. The topological polar surface area (TPSA) is 71.7 Å². The van der Waals surface area contributed by atoms with Gasteiger partial charge in [0.1, 0.15) is 5.82 Å². The maximum atomic E-state index is 12.0. The van der Waals surface area contributed by atoms with Crippen molar-refractivity contribution in [2.45, 2.75) is 19.4 Å². The van der Waals surface area contributed by atoms with Gasteiger partial charge in [-0.25, -0.2) is 4.98 Å². The number of rotatable bonds is 6. The van der Waals surface area contributed by atoms with E-state index in [1.54, 1.807) is 7.11 Å². The fourth-order valence-electron chi connectivity index (χ4n) is 2.44. The second-order valence-corrected chi connectivity index (χ2v) is 5.19. The molecule has 1 aromatic heterocycles. The van der Waals surface area contributed by atoms with Crippen LogP contribution in [0, 0.1) is 0 Å². The number of aromatic nitrogens is 1. The molecule has 0 radical (unpaired) electrons. The molecule has 0 aromatic carbocycles. The van der Waals surface area contributed by atoms with E-state index >= 15 is 0 Å². The van der Waals surface area contributed by atoms with Crippen LogP contribution in [0.25, 0.3) is 0 Å². The number of nitrogens with zero attached hydrogens (tertiary/aromatic N) is 3. The van der Waals surface area contributed by atoms with Crippen molar-refractivity contribution in [1.29, 1.82) is 0 Å². The molecule has 0 unspecified atom stereocenters. The first-order chi connectivity index (χ1) is 10.2. The van der Waals surface area contributed by atoms with E-state index in [1.807, 2.05) is 23.2 Å². The number of nitrogens with two attached hydrogens (primary N) is 1. The summed E-state index contributed by atoms with van der Waals surface area (Å²) in [6.45, 7) is 4.31. The van der Waals surface area contributed by atoms with Crippen LogP contribution in [0.4, 0.5) is 5.82 Å². The smallest absolute Gasteiger partial charge is 0.222 e. The zero-order chi connectivity index (χ0) is 15.1. The van der Waals surface area contributed by atoms with Crippen molar-refractivity contribution in [2.24, 2.45) is 5.73 Å². The fourth-order valence-corrected chi connectivity index (χ4v) is 2.44. The summed E-state index contributed by atoms with van der Waals surface area (Å²) < 4.78 is 4.98. The number of anilines is 1. The van der Waals surface area contributed by atoms with E-state index in [1.165, 1.54) is 0 Å². The minimum absolute atomic E-state index is 0.220. The second kappa shape index (κ2) is 7.95. The highest BCUT2D eigenvalue weighted by atomic mass is 16.5. The Balaban J connectivity index is 1.80. The molecule has 0 spiro atoms. The van der Waals surface area contributed by atoms with Gasteiger partial charge in [0.25, 0.3) is 0 Å². The van der Waals surface area contributed by atoms with Gasteiger partial charge in [0.05, 0.1) is 0 Å². The predicted molar refractivity (Wildman–Crippen MR) is 82.0 cm³/mol. The lowest BCUT2D eigenvalue weighted by Crippen LogP contribution is -2.49. The molecule has 21 heavy (non-hydrogen) atoms. The van der Waals surface area contributed by atoms with Crippen molar-refractivity contribution in [3.63, 3.8) is 0 Å². The zero-order valence-corrected chi connectivity index (χ0v) is 12.6. The quantitative estimate of drug-likeness (QED) is 0.778. The molecular formula is C15H24N4O2. The molecule has 2 N–H and O–H groups in total. The summed E-state index contributed by atoms with van der Waals surface area (Å²) in [7, 11) is 1.66. The third kappa shape index (κ3) is 4.41. The number of methoxy groups -OCH3 is 1. The Hall–Kier alpha value is -1.66. The molecule has 2 heterocycles. The van der Waals surface area contributed by atoms with Crippen LogP contribution in [0.3, 0.4) is 0 Å². The lowest BCUT2D eigenvalue weighted by Gasteiger charge is -2.35. The monoisotopic (exact) mass is 292 g/mol. The van der Waals surface area contributed by atoms with Crippen LogP contribution in [-0.4, -0.2) is 55.7 Å². The van der Waals surface area contributed by atoms with Crippen LogP contribution in [-0.2, 0) is 16.1 Å². The normalized spacial score (nSPS) is 15.3. The number of carbonyl (C=O) groups is 1. The molecule has 6 nitrogen and oxygen atoms in total. The Morgan fingerprint density at radius 1 is 1.33 bits per heavy atom. The summed E-state index contributed by atoms with van der Waals surface area (Å²) in [5.74, 6) is 1.18. The van der Waals surface area contributed by atoms with Crippen molar-refractivity contribution in [3.05, 3.63) is 23.9 Å². The Labute approximate surface area is 125 Å². The van der Waals surface area contributed by atoms with Gasteiger partial charge in [-0.3, -0.25) is 4.79 Å². The lowest BCUT2D eigenvalue weighted by atomic mass is 10.2. The van der Waals surface area contributed by atoms with Gasteiger partial charge in [-0.1, -0.05) is 6.07 Å². The highest BCUT2D eigenvalue weighted by Crippen LogP contribution is 2.14. The van der Waals surface area contributed by atoms with Crippen molar-refractivity contribution < 1.29 is 9.53 Å². The van der Waals surface area contributed by atoms with Crippen molar-refractivity contribution >= 4 is 11.7 Å². The van der Waals surface area contributed by atoms with Crippen LogP contribution in [0.1, 0.15) is 18.4 Å². The summed E-state index contributed by atoms with van der Waals surface area (Å²) >= 11 is 0. The van der Waals surface area contributed by atoms with Crippen LogP contribution >= 0.6 is 0 Å². The van der Waals surface area contributed by atoms with Gasteiger partial charge in [0.2, 0.25) is 5.91 Å². The molecule has 1 aliphatic rings. The van der Waals surface area contributed by atoms with E-state index in [0.717, 1.165) is 44.0 Å². The molecule has 1 saturated heterocycles. The molecule has 6 heteroatoms. The van der Waals surface area contributed by atoms with Gasteiger partial charge >= 0.3 is 0 Å². The van der Waals surface area contributed by atoms with Gasteiger partial charge in [0, 0.05) is 59.1 Å². The van der Waals surface area contributed by atoms with E-state index in [2.05, 4.69) is 9.88 Å². The number of hydrogen-bond acceptors (Lipinski definition) is 5. The Bertz CT molecular complexity index is 441. The summed E-state index contributed by atoms with van der Waals surface area (Å²) in [5.41, 5.74) is 6.61. The average Bonchev–Trinajstić information content (AvgIpc) is 2.55. The average molecular weight is 292 g/mol. The van der Waals surface area contributed by atoms with Gasteiger partial charge in [-0.15, -0.1) is 0 Å². The van der Waals surface area contributed by atoms with Gasteiger partial charge in [-0.2, -0.15) is 0 Å². The largest absolute Gasteiger partial charge is 0.385 e. The summed E-state index contributed by atoms with van der Waals surface area (Å²) in [5, 5.41) is 0. The third-order valence-electron chi connectivity index (χ3n) is 3.74. The minimum atomic E-state index is 0.220. The van der Waals surface area contributed by atoms with Gasteiger partial charge < -0.3 is 20.3 Å². The Morgan fingerprint density at radius 2 is 2.10 bits per heavy atom. The maximum Gasteiger partial charge on any atom is 0.222 e. The summed E-state index contributed by atoms with van der Waals surface area (Å²) in [6.07, 6.45) is 3.17. The molecule has 1 amide bonds. The first-order valence-electron chi connectivity index (χ1n) is 7.41. The van der Waals surface area contributed by atoms with Gasteiger partial charge in [0.15, 0.2) is 0 Å². The highest BCUT2D eigenvalue weighted by molar-refractivity contribution is 5.76. The first-order valence-corrected chi connectivity index (χ1v) is 7.41. The lowest BCUT2D eigenvalue weighted by molar-refractivity contribution is -0.131. The second-order valence-electron chi connectivity index (χ2n) is 5.19. The summed E-state index contributed by atoms with van der Waals surface area (Å²) in [6, 6.07) is 4.00. The Morgan fingerprint density at radius 3 is 2.67 bits per heavy atom. The first kappa shape index (κ1) is 15.7. The van der Waals surface area contributed by atoms with E-state index in [4.69, 9.17) is 10.5 Å². The standard InChI is InChI=1S/C15H24N4O2/c1-21-10-2-3-15(20)19-8-6-18(7-9-19)14-5-4-13(11-16)12-17-14/h4-5,12H,2-3,6-11,16H2,1H3. The van der Waals surface area contributed by atoms with Crippen LogP contribution in [0.15, 0.2) is 18.3 Å². The molecule has 0 atom stereocenters. The number of ether oxygens (including phenoxy) is 1. The number of carbonyl (C=O) groups excluding carboxylic acids is 1. The molecule has 1 fully saturated rings. The number of amides is 1. The van der Waals surface area contributed by atoms with Gasteiger partial charge in [-0.05, 0) is 18.1 Å². The molecule has 1 aliphatic heterocycles. The highest BCUT2D eigenvalue weighted by Gasteiger charge is 2.21. The van der Waals surface area contributed by atoms with Crippen LogP contribution in [0.5, 0.6) is 0 Å². The molecule has 0 saturated carbocycles. The molecule has 0 bridgehead atoms. The van der Waals surface area contributed by atoms with Crippen LogP contribution < -0.4 is 10.6 Å². The maximum absolute atomic E-state index is 12.0. The van der Waals surface area contributed by atoms with Crippen molar-refractivity contribution in [3.8, 4) is 0 Å². The van der Waals surface area contributed by atoms with Crippen molar-refractivity contribution in [1.82, 2.24) is 9.88 Å². The molecular weight excluding hydrogens is 268 g/mol. The molecule has 0 aliphatic carbocycles. The molecule has 1 aromatic rings. The number of pyridine rings is 1. The SMILES string of the molecule is COCCCC(=O)N1CCN(c2ccc(CN)cn2)CC1. The predicted octanol–water partition coefficient (Wildman–Crippen LogP) is 0.616. The summed E-state index contributed by atoms with van der Waals surface area (Å²) in [4.78, 5) is 20.6. The number of piperazine rings is 1. The van der Waals surface area contributed by atoms with E-state index in [-0.39, 0.29) is 5.91 Å². The molecule has 2 rings (SSSR count). The van der Waals surface area contributed by atoms with E-state index < -0.39 is 0 Å². The Kier molecular flexibility index (Phi) is 5.95. The minimum Gasteiger partial charge on any atom is -0.385 e. The van der Waals surface area contributed by atoms with E-state index in [9.17, 15) is 4.79 Å². The molecule has 116 valence electrons. The van der Waals surface area contributed by atoms with Crippen molar-refractivity contribution in [2.75, 3.05) is 44.8 Å². The zero-order valence-electron chi connectivity index (χ0n) is 12.6. The fraction of sp³-hybridized carbons (Fsp3) is 0.600. The third-order valence-corrected chi connectivity index (χ3v) is 3.74. The van der Waals surface area contributed by atoms with Crippen LogP contribution in [0.2, 0.25) is 0 Å².